The van der Waals surface area contributed by atoms with E-state index in [0.29, 0.717) is 19.5 Å². The summed E-state index contributed by atoms with van der Waals surface area (Å²) in [6.07, 6.45) is 0.538. The van der Waals surface area contributed by atoms with Crippen LogP contribution in [0.3, 0.4) is 0 Å². The van der Waals surface area contributed by atoms with Gasteiger partial charge in [-0.3, -0.25) is 14.9 Å². The Morgan fingerprint density at radius 3 is 2.26 bits per heavy atom. The minimum atomic E-state index is -0.394. The third-order valence-electron chi connectivity index (χ3n) is 4.66. The smallest absolute Gasteiger partial charge is 0.269 e. The summed E-state index contributed by atoms with van der Waals surface area (Å²) < 4.78 is 0. The Morgan fingerprint density at radius 1 is 1.04 bits per heavy atom. The highest BCUT2D eigenvalue weighted by Crippen LogP contribution is 2.22. The number of aryl methyl sites for hydroxylation is 1. The Hall–Kier alpha value is -2.54. The fourth-order valence-corrected chi connectivity index (χ4v) is 3.89. The average molecular weight is 385 g/mol. The largest absolute Gasteiger partial charge is 0.368 e. The van der Waals surface area contributed by atoms with E-state index < -0.39 is 4.92 Å². The first-order valence-corrected chi connectivity index (χ1v) is 9.98. The van der Waals surface area contributed by atoms with Gasteiger partial charge in [0.15, 0.2) is 0 Å². The molecule has 0 aliphatic carbocycles. The number of thioether (sulfide) groups is 1. The molecule has 0 N–H and O–H groups in total. The third-order valence-corrected chi connectivity index (χ3v) is 5.68. The monoisotopic (exact) mass is 385 g/mol. The van der Waals surface area contributed by atoms with Gasteiger partial charge in [-0.1, -0.05) is 17.7 Å². The molecule has 2 aromatic rings. The summed E-state index contributed by atoms with van der Waals surface area (Å²) in [7, 11) is 0. The van der Waals surface area contributed by atoms with Gasteiger partial charge in [-0.15, -0.1) is 11.8 Å². The first kappa shape index (κ1) is 19.2. The van der Waals surface area contributed by atoms with Crippen LogP contribution in [0, 0.1) is 17.0 Å². The van der Waals surface area contributed by atoms with Crippen LogP contribution < -0.4 is 4.90 Å². The number of hydrogen-bond donors (Lipinski definition) is 0. The molecule has 0 bridgehead atoms. The molecule has 0 unspecified atom stereocenters. The van der Waals surface area contributed by atoms with E-state index in [2.05, 4.69) is 36.1 Å². The minimum absolute atomic E-state index is 0.0960. The average Bonchev–Trinajstić information content (AvgIpc) is 2.69. The summed E-state index contributed by atoms with van der Waals surface area (Å²) in [5.74, 6) is 0.975. The number of amides is 1. The molecule has 6 nitrogen and oxygen atoms in total. The van der Waals surface area contributed by atoms with Crippen molar-refractivity contribution < 1.29 is 9.72 Å². The van der Waals surface area contributed by atoms with Crippen molar-refractivity contribution in [3.8, 4) is 0 Å². The lowest BCUT2D eigenvalue weighted by molar-refractivity contribution is -0.384. The molecule has 0 atom stereocenters. The molecule has 0 spiro atoms. The lowest BCUT2D eigenvalue weighted by Gasteiger charge is -2.36. The molecule has 7 heteroatoms. The maximum Gasteiger partial charge on any atom is 0.269 e. The number of piperazine rings is 1. The summed E-state index contributed by atoms with van der Waals surface area (Å²) >= 11 is 1.71. The summed E-state index contributed by atoms with van der Waals surface area (Å²) in [5, 5.41) is 10.7. The van der Waals surface area contributed by atoms with Gasteiger partial charge < -0.3 is 9.80 Å². The van der Waals surface area contributed by atoms with Crippen LogP contribution in [0.1, 0.15) is 12.0 Å². The van der Waals surface area contributed by atoms with Gasteiger partial charge in [-0.05, 0) is 31.2 Å². The molecule has 1 aliphatic rings. The van der Waals surface area contributed by atoms with Crippen LogP contribution in [-0.4, -0.2) is 47.7 Å². The highest BCUT2D eigenvalue weighted by molar-refractivity contribution is 7.99. The van der Waals surface area contributed by atoms with Gasteiger partial charge in [0.1, 0.15) is 0 Å². The first-order chi connectivity index (χ1) is 13.0. The highest BCUT2D eigenvalue weighted by Gasteiger charge is 2.21. The quantitative estimate of drug-likeness (QED) is 0.431. The fraction of sp³-hybridized carbons (Fsp3) is 0.350. The second-order valence-corrected chi connectivity index (χ2v) is 7.72. The molecule has 2 aromatic carbocycles. The number of nitro benzene ring substituents is 1. The molecule has 142 valence electrons. The molecular formula is C20H23N3O3S. The Balaban J connectivity index is 1.43. The lowest BCUT2D eigenvalue weighted by atomic mass is 10.2. The van der Waals surface area contributed by atoms with Crippen molar-refractivity contribution in [2.24, 2.45) is 0 Å². The maximum atomic E-state index is 12.4. The zero-order valence-electron chi connectivity index (χ0n) is 15.3. The predicted molar refractivity (Wildman–Crippen MR) is 108 cm³/mol. The van der Waals surface area contributed by atoms with Crippen LogP contribution in [0.5, 0.6) is 0 Å². The molecular weight excluding hydrogens is 362 g/mol. The maximum absolute atomic E-state index is 12.4. The van der Waals surface area contributed by atoms with Crippen LogP contribution in [0.15, 0.2) is 53.4 Å². The number of carbonyl (C=O) groups is 1. The number of hydrogen-bond acceptors (Lipinski definition) is 5. The first-order valence-electron chi connectivity index (χ1n) is 8.99. The second kappa shape index (κ2) is 8.90. The minimum Gasteiger partial charge on any atom is -0.368 e. The second-order valence-electron chi connectivity index (χ2n) is 6.55. The number of anilines is 1. The molecule has 0 radical (unpaired) electrons. The summed E-state index contributed by atoms with van der Waals surface area (Å²) in [4.78, 5) is 28.0. The van der Waals surface area contributed by atoms with E-state index in [1.165, 1.54) is 22.6 Å². The normalized spacial score (nSPS) is 14.3. The number of rotatable bonds is 6. The number of carbonyl (C=O) groups excluding carboxylic acids is 1. The van der Waals surface area contributed by atoms with Crippen molar-refractivity contribution in [1.82, 2.24) is 4.90 Å². The van der Waals surface area contributed by atoms with Gasteiger partial charge in [0.25, 0.3) is 5.69 Å². The molecule has 1 heterocycles. The van der Waals surface area contributed by atoms with E-state index in [1.807, 2.05) is 4.90 Å². The van der Waals surface area contributed by atoms with E-state index in [9.17, 15) is 14.9 Å². The number of nitro groups is 1. The van der Waals surface area contributed by atoms with Gasteiger partial charge in [-0.2, -0.15) is 0 Å². The van der Waals surface area contributed by atoms with E-state index in [0.717, 1.165) is 24.5 Å². The van der Waals surface area contributed by atoms with Crippen molar-refractivity contribution in [2.75, 3.05) is 36.8 Å². The topological polar surface area (TPSA) is 66.7 Å². The molecule has 27 heavy (non-hydrogen) atoms. The Morgan fingerprint density at radius 2 is 1.67 bits per heavy atom. The fourth-order valence-electron chi connectivity index (χ4n) is 3.05. The van der Waals surface area contributed by atoms with Crippen LogP contribution in [0.25, 0.3) is 0 Å². The van der Waals surface area contributed by atoms with Gasteiger partial charge in [0.05, 0.1) is 4.92 Å². The SMILES string of the molecule is Cc1ccc(SCCC(=O)N2CCN(c3ccc([N+](=O)[O-])cc3)CC2)cc1. The summed E-state index contributed by atoms with van der Waals surface area (Å²) in [6.45, 7) is 4.92. The van der Waals surface area contributed by atoms with Crippen LogP contribution in [-0.2, 0) is 4.79 Å². The third kappa shape index (κ3) is 5.23. The van der Waals surface area contributed by atoms with E-state index in [-0.39, 0.29) is 11.6 Å². The van der Waals surface area contributed by atoms with Crippen LogP contribution in [0.4, 0.5) is 11.4 Å². The van der Waals surface area contributed by atoms with Crippen molar-refractivity contribution >= 4 is 29.0 Å². The Bertz CT molecular complexity index is 785. The molecule has 1 saturated heterocycles. The molecule has 1 aliphatic heterocycles. The van der Waals surface area contributed by atoms with Crippen molar-refractivity contribution in [2.45, 2.75) is 18.2 Å². The Labute approximate surface area is 163 Å². The van der Waals surface area contributed by atoms with Gasteiger partial charge >= 0.3 is 0 Å². The standard InChI is InChI=1S/C20H23N3O3S/c1-16-2-8-19(9-3-16)27-15-10-20(24)22-13-11-21(12-14-22)17-4-6-18(7-5-17)23(25)26/h2-9H,10-15H2,1H3. The van der Waals surface area contributed by atoms with E-state index >= 15 is 0 Å². The zero-order chi connectivity index (χ0) is 19.2. The van der Waals surface area contributed by atoms with Crippen LogP contribution in [0.2, 0.25) is 0 Å². The lowest BCUT2D eigenvalue weighted by Crippen LogP contribution is -2.48. The van der Waals surface area contributed by atoms with Gasteiger partial charge in [0, 0.05) is 61.1 Å². The van der Waals surface area contributed by atoms with Gasteiger partial charge in [0.2, 0.25) is 5.91 Å². The van der Waals surface area contributed by atoms with Crippen molar-refractivity contribution in [3.05, 3.63) is 64.2 Å². The molecule has 0 aromatic heterocycles. The van der Waals surface area contributed by atoms with Gasteiger partial charge in [-0.25, -0.2) is 0 Å². The molecule has 1 fully saturated rings. The summed E-state index contributed by atoms with van der Waals surface area (Å²) in [6, 6.07) is 14.9. The molecule has 0 saturated carbocycles. The number of non-ortho nitro benzene ring substituents is 1. The van der Waals surface area contributed by atoms with Crippen molar-refractivity contribution in [3.63, 3.8) is 0 Å². The zero-order valence-corrected chi connectivity index (χ0v) is 16.2. The van der Waals surface area contributed by atoms with E-state index in [4.69, 9.17) is 0 Å². The number of nitrogens with zero attached hydrogens (tertiary/aromatic N) is 3. The number of benzene rings is 2. The molecule has 1 amide bonds. The van der Waals surface area contributed by atoms with E-state index in [1.54, 1.807) is 23.9 Å². The Kier molecular flexibility index (Phi) is 6.34. The predicted octanol–water partition coefficient (Wildman–Crippen LogP) is 3.73. The highest BCUT2D eigenvalue weighted by atomic mass is 32.2. The van der Waals surface area contributed by atoms with Crippen molar-refractivity contribution in [1.29, 1.82) is 0 Å². The van der Waals surface area contributed by atoms with Crippen LogP contribution >= 0.6 is 11.8 Å². The molecule has 3 rings (SSSR count). The summed E-state index contributed by atoms with van der Waals surface area (Å²) in [5.41, 5.74) is 2.29.